The van der Waals surface area contributed by atoms with Gasteiger partial charge >= 0.3 is 0 Å². The minimum Gasteiger partial charge on any atom is -0.384 e. The van der Waals surface area contributed by atoms with Crippen LogP contribution in [-0.2, 0) is 34.8 Å². The Labute approximate surface area is 325 Å². The monoisotopic (exact) mass is 798 g/mol. The maximum Gasteiger partial charge on any atom is 0.287 e. The number of likely N-dealkylation sites (tertiary alicyclic amines) is 1. The van der Waals surface area contributed by atoms with E-state index in [1.165, 1.54) is 44.3 Å². The molecule has 6 rings (SSSR count). The average molecular weight is 799 g/mol. The molecule has 3 aliphatic heterocycles. The molecule has 1 aromatic carbocycles. The quantitative estimate of drug-likeness (QED) is 0.208. The highest BCUT2D eigenvalue weighted by atomic mass is 32.2. The molecule has 4 N–H and O–H groups in total. The third-order valence-electron chi connectivity index (χ3n) is 11.3. The van der Waals surface area contributed by atoms with Gasteiger partial charge in [-0.2, -0.15) is 16.1 Å². The molecule has 1 aliphatic carbocycles. The molecule has 0 spiro atoms. The van der Waals surface area contributed by atoms with Gasteiger partial charge in [0.25, 0.3) is 17.7 Å². The fourth-order valence-corrected chi connectivity index (χ4v) is 10.9. The van der Waals surface area contributed by atoms with Crippen LogP contribution in [0, 0.1) is 5.92 Å². The Morgan fingerprint density at radius 1 is 1.02 bits per heavy atom. The normalized spacial score (nSPS) is 22.7. The van der Waals surface area contributed by atoms with Crippen molar-refractivity contribution < 1.29 is 37.5 Å². The summed E-state index contributed by atoms with van der Waals surface area (Å²) >= 11 is 1.58. The summed E-state index contributed by atoms with van der Waals surface area (Å²) in [5.41, 5.74) is 2.97. The number of rotatable bonds is 12. The van der Waals surface area contributed by atoms with Crippen LogP contribution in [0.4, 0.5) is 0 Å². The first-order valence-electron chi connectivity index (χ1n) is 19.0. The zero-order valence-electron chi connectivity index (χ0n) is 31.3. The minimum atomic E-state index is -3.71. The second-order valence-corrected chi connectivity index (χ2v) is 18.7. The number of aromatic nitrogens is 3. The molecule has 1 saturated carbocycles. The molecule has 4 heterocycles. The van der Waals surface area contributed by atoms with Gasteiger partial charge in [0.2, 0.25) is 21.7 Å². The van der Waals surface area contributed by atoms with Crippen molar-refractivity contribution in [1.82, 2.24) is 29.5 Å². The fourth-order valence-electron chi connectivity index (χ4n) is 8.14. The summed E-state index contributed by atoms with van der Waals surface area (Å²) in [4.78, 5) is 74.0. The van der Waals surface area contributed by atoms with Crippen LogP contribution in [0.3, 0.4) is 0 Å². The lowest BCUT2D eigenvalue weighted by Crippen LogP contribution is -2.63. The van der Waals surface area contributed by atoms with Gasteiger partial charge < -0.3 is 21.1 Å². The summed E-state index contributed by atoms with van der Waals surface area (Å²) in [5, 5.41) is 21.9. The SMILES string of the molecule is CC(C)(O)c1cnnn1[C@H]1C[C@@H](C(=O)NC2(C(=O)C(N)=O)CCSCC2)N(C(=O)/C(CC2CCCCC2)=N/C(=O)c2ccc(S(=O)(=O)N3CCCC3)cc2)C1. The van der Waals surface area contributed by atoms with Crippen molar-refractivity contribution in [2.45, 2.75) is 113 Å². The minimum absolute atomic E-state index is 0.0250. The van der Waals surface area contributed by atoms with Crippen LogP contribution in [0.5, 0.6) is 0 Å². The summed E-state index contributed by atoms with van der Waals surface area (Å²) in [7, 11) is -3.71. The number of nitrogens with two attached hydrogens (primary N) is 1. The largest absolute Gasteiger partial charge is 0.384 e. The van der Waals surface area contributed by atoms with E-state index in [4.69, 9.17) is 5.73 Å². The number of nitrogens with zero attached hydrogens (tertiary/aromatic N) is 6. The van der Waals surface area contributed by atoms with Crippen molar-refractivity contribution in [2.75, 3.05) is 31.1 Å². The van der Waals surface area contributed by atoms with Crippen LogP contribution in [0.25, 0.3) is 0 Å². The molecule has 1 aromatic heterocycles. The van der Waals surface area contributed by atoms with Crippen LogP contribution in [0.2, 0.25) is 0 Å². The number of nitrogens with one attached hydrogen (secondary N) is 1. The van der Waals surface area contributed by atoms with Gasteiger partial charge in [-0.05, 0) is 87.6 Å². The number of amides is 4. The first-order valence-corrected chi connectivity index (χ1v) is 21.6. The summed E-state index contributed by atoms with van der Waals surface area (Å²) in [6.07, 6.45) is 8.21. The molecular formula is C37H50N8O8S2. The second kappa shape index (κ2) is 16.6. The number of primary amides is 1. The van der Waals surface area contributed by atoms with Crippen molar-refractivity contribution in [2.24, 2.45) is 16.6 Å². The van der Waals surface area contributed by atoms with Crippen molar-refractivity contribution in [3.8, 4) is 0 Å². The summed E-state index contributed by atoms with van der Waals surface area (Å²) < 4.78 is 29.1. The molecule has 55 heavy (non-hydrogen) atoms. The number of ketones is 1. The number of hydrogen-bond acceptors (Lipinski definition) is 11. The third-order valence-corrected chi connectivity index (χ3v) is 14.2. The highest BCUT2D eigenvalue weighted by Crippen LogP contribution is 2.35. The van der Waals surface area contributed by atoms with E-state index in [1.54, 1.807) is 25.6 Å². The predicted molar refractivity (Wildman–Crippen MR) is 203 cm³/mol. The lowest BCUT2D eigenvalue weighted by Gasteiger charge is -2.37. The molecular weight excluding hydrogens is 749 g/mol. The Bertz CT molecular complexity index is 1920. The van der Waals surface area contributed by atoms with Gasteiger partial charge in [-0.1, -0.05) is 37.3 Å². The van der Waals surface area contributed by atoms with E-state index in [9.17, 15) is 37.5 Å². The molecule has 0 unspecified atom stereocenters. The van der Waals surface area contributed by atoms with Gasteiger partial charge in [-0.25, -0.2) is 18.1 Å². The van der Waals surface area contributed by atoms with Crippen LogP contribution < -0.4 is 11.1 Å². The Morgan fingerprint density at radius 2 is 1.67 bits per heavy atom. The van der Waals surface area contributed by atoms with Gasteiger partial charge in [0, 0.05) is 31.6 Å². The van der Waals surface area contributed by atoms with Gasteiger partial charge in [0.1, 0.15) is 22.9 Å². The van der Waals surface area contributed by atoms with E-state index in [0.717, 1.165) is 44.9 Å². The fraction of sp³-hybridized carbons (Fsp3) is 0.622. The molecule has 16 nitrogen and oxygen atoms in total. The zero-order chi connectivity index (χ0) is 39.5. The lowest BCUT2D eigenvalue weighted by molar-refractivity contribution is -0.143. The van der Waals surface area contributed by atoms with Crippen molar-refractivity contribution in [1.29, 1.82) is 0 Å². The number of Topliss-reactive ketones (excluding diaryl/α,β-unsaturated/α-hetero) is 1. The zero-order valence-corrected chi connectivity index (χ0v) is 32.9. The number of carbonyl (C=O) groups excluding carboxylic acids is 5. The lowest BCUT2D eigenvalue weighted by atomic mass is 9.85. The number of hydrogen-bond donors (Lipinski definition) is 3. The van der Waals surface area contributed by atoms with E-state index in [-0.39, 0.29) is 54.3 Å². The van der Waals surface area contributed by atoms with E-state index in [2.05, 4.69) is 20.6 Å². The average Bonchev–Trinajstić information content (AvgIpc) is 3.97. The Morgan fingerprint density at radius 3 is 2.29 bits per heavy atom. The number of thioether (sulfide) groups is 1. The number of sulfonamides is 1. The highest BCUT2D eigenvalue weighted by molar-refractivity contribution is 7.99. The summed E-state index contributed by atoms with van der Waals surface area (Å²) in [5.74, 6) is -3.02. The molecule has 3 saturated heterocycles. The Hall–Kier alpha value is -4.00. The first-order chi connectivity index (χ1) is 26.1. The molecule has 298 valence electrons. The number of benzene rings is 1. The third kappa shape index (κ3) is 8.86. The standard InChI is InChI=1S/C37H50N8O8S2/c1-36(2,51)30-22-39-42-45(30)26-21-29(34(49)41-37(31(46)32(38)47)14-18-54-19-15-37)44(23-26)35(50)28(20-24-8-4-3-5-9-24)40-33(48)25-10-12-27(13-11-25)55(52,53)43-16-6-7-17-43/h10-13,22,24,26,29,51H,3-9,14-21,23H2,1-2H3,(H2,38,47)(H,41,49)/b40-28+/t26-,29-/m0/s1. The van der Waals surface area contributed by atoms with Gasteiger partial charge in [-0.3, -0.25) is 24.0 Å². The van der Waals surface area contributed by atoms with E-state index in [0.29, 0.717) is 30.3 Å². The Balaban J connectivity index is 1.34. The molecule has 0 bridgehead atoms. The van der Waals surface area contributed by atoms with Crippen molar-refractivity contribution in [3.05, 3.63) is 41.7 Å². The van der Waals surface area contributed by atoms with Crippen LogP contribution in [0.1, 0.15) is 107 Å². The van der Waals surface area contributed by atoms with Crippen LogP contribution in [0.15, 0.2) is 40.4 Å². The van der Waals surface area contributed by atoms with Gasteiger partial charge in [-0.15, -0.1) is 5.10 Å². The maximum atomic E-state index is 14.8. The molecule has 2 aromatic rings. The predicted octanol–water partition coefficient (Wildman–Crippen LogP) is 2.12. The first kappa shape index (κ1) is 40.7. The van der Waals surface area contributed by atoms with Gasteiger partial charge in [0.15, 0.2) is 0 Å². The van der Waals surface area contributed by atoms with Crippen molar-refractivity contribution in [3.63, 3.8) is 0 Å². The topological polar surface area (TPSA) is 227 Å². The van der Waals surface area contributed by atoms with Gasteiger partial charge in [0.05, 0.1) is 22.8 Å². The van der Waals surface area contributed by atoms with E-state index >= 15 is 0 Å². The smallest absolute Gasteiger partial charge is 0.287 e. The Kier molecular flexibility index (Phi) is 12.3. The van der Waals surface area contributed by atoms with E-state index < -0.39 is 62.7 Å². The highest BCUT2D eigenvalue weighted by Gasteiger charge is 2.49. The van der Waals surface area contributed by atoms with E-state index in [1.807, 2.05) is 0 Å². The maximum absolute atomic E-state index is 14.8. The molecule has 18 heteroatoms. The number of carbonyl (C=O) groups is 5. The molecule has 4 aliphatic rings. The molecule has 4 amide bonds. The molecule has 2 atom stereocenters. The summed E-state index contributed by atoms with van der Waals surface area (Å²) in [6, 6.07) is 3.71. The molecule has 0 radical (unpaired) electrons. The van der Waals surface area contributed by atoms with Crippen LogP contribution in [-0.4, -0.2) is 116 Å². The summed E-state index contributed by atoms with van der Waals surface area (Å²) in [6.45, 7) is 3.96. The van der Waals surface area contributed by atoms with Crippen LogP contribution >= 0.6 is 11.8 Å². The number of aliphatic hydroxyl groups is 1. The van der Waals surface area contributed by atoms with Crippen molar-refractivity contribution >= 4 is 56.9 Å². The number of aliphatic imine (C=N–C) groups is 1. The second-order valence-electron chi connectivity index (χ2n) is 15.6. The molecule has 4 fully saturated rings.